The fourth-order valence-corrected chi connectivity index (χ4v) is 6.26. The number of thiophene rings is 1. The maximum absolute atomic E-state index is 14.0. The van der Waals surface area contributed by atoms with Gasteiger partial charge in [-0.05, 0) is 50.5 Å². The van der Waals surface area contributed by atoms with Gasteiger partial charge < -0.3 is 19.1 Å². The summed E-state index contributed by atoms with van der Waals surface area (Å²) < 4.78 is 17.0. The van der Waals surface area contributed by atoms with Gasteiger partial charge in [-0.3, -0.25) is 4.79 Å². The number of hydrogen-bond donors (Lipinski definition) is 0. The number of methoxy groups -OCH3 is 1. The van der Waals surface area contributed by atoms with Crippen LogP contribution in [0.15, 0.2) is 17.7 Å². The molecule has 182 valence electrons. The number of carbonyl (C=O) groups excluding carboxylic acids is 2. The van der Waals surface area contributed by atoms with Crippen molar-refractivity contribution in [3.8, 4) is 0 Å². The highest BCUT2D eigenvalue weighted by molar-refractivity contribution is 7.14. The lowest BCUT2D eigenvalue weighted by atomic mass is 9.85. The smallest absolute Gasteiger partial charge is 0.350 e. The summed E-state index contributed by atoms with van der Waals surface area (Å²) in [5, 5.41) is 0. The molecule has 1 atom stereocenters. The lowest BCUT2D eigenvalue weighted by Gasteiger charge is -2.41. The SMILES string of the molecule is COC(=O)c1sc(C(C)(C)C)cc1N(C(=O)C1CC=C(C)CC1)C1CCC2(CC1)OCCO2. The first kappa shape index (κ1) is 24.4. The Bertz CT molecular complexity index is 912. The van der Waals surface area contributed by atoms with Gasteiger partial charge in [0.15, 0.2) is 5.79 Å². The van der Waals surface area contributed by atoms with Crippen molar-refractivity contribution < 1.29 is 23.8 Å². The molecule has 2 aliphatic carbocycles. The van der Waals surface area contributed by atoms with E-state index in [1.807, 2.05) is 11.0 Å². The van der Waals surface area contributed by atoms with Gasteiger partial charge in [-0.25, -0.2) is 4.79 Å². The van der Waals surface area contributed by atoms with Crippen molar-refractivity contribution >= 4 is 28.9 Å². The summed E-state index contributed by atoms with van der Waals surface area (Å²) in [5.74, 6) is -0.812. The number of anilines is 1. The highest BCUT2D eigenvalue weighted by Gasteiger charge is 2.44. The van der Waals surface area contributed by atoms with Gasteiger partial charge in [0.2, 0.25) is 5.91 Å². The molecule has 1 saturated heterocycles. The van der Waals surface area contributed by atoms with Gasteiger partial charge >= 0.3 is 5.97 Å². The summed E-state index contributed by atoms with van der Waals surface area (Å²) in [6.07, 6.45) is 7.83. The highest BCUT2D eigenvalue weighted by Crippen LogP contribution is 2.44. The van der Waals surface area contributed by atoms with Crippen LogP contribution in [0.5, 0.6) is 0 Å². The molecule has 6 nitrogen and oxygen atoms in total. The van der Waals surface area contributed by atoms with Crippen LogP contribution in [0, 0.1) is 5.92 Å². The minimum Gasteiger partial charge on any atom is -0.465 e. The average molecular weight is 476 g/mol. The molecule has 0 radical (unpaired) electrons. The second-order valence-corrected chi connectivity index (χ2v) is 11.7. The van der Waals surface area contributed by atoms with E-state index in [0.29, 0.717) is 23.8 Å². The van der Waals surface area contributed by atoms with E-state index in [1.165, 1.54) is 24.0 Å². The van der Waals surface area contributed by atoms with Crippen LogP contribution in [-0.4, -0.2) is 44.0 Å². The van der Waals surface area contributed by atoms with Crippen LogP contribution in [0.4, 0.5) is 5.69 Å². The predicted octanol–water partition coefficient (Wildman–Crippen LogP) is 5.60. The fraction of sp³-hybridized carbons (Fsp3) is 0.692. The summed E-state index contributed by atoms with van der Waals surface area (Å²) in [4.78, 5) is 30.4. The van der Waals surface area contributed by atoms with Crippen molar-refractivity contribution in [1.29, 1.82) is 0 Å². The lowest BCUT2D eigenvalue weighted by Crippen LogP contribution is -2.49. The van der Waals surface area contributed by atoms with Crippen molar-refractivity contribution in [3.05, 3.63) is 27.5 Å². The van der Waals surface area contributed by atoms with E-state index in [1.54, 1.807) is 0 Å². The quantitative estimate of drug-likeness (QED) is 0.419. The molecule has 1 spiro atoms. The number of allylic oxidation sites excluding steroid dienone is 2. The Balaban J connectivity index is 1.70. The molecule has 7 heteroatoms. The standard InChI is InChI=1S/C26H37NO5S/c1-17-6-8-18(9-7-17)23(28)27(19-10-12-26(13-11-19)31-14-15-32-26)20-16-21(25(2,3)4)33-22(20)24(29)30-5/h6,16,18-19H,7-15H2,1-5H3. The first-order chi connectivity index (χ1) is 15.6. The van der Waals surface area contributed by atoms with Crippen LogP contribution in [0.3, 0.4) is 0 Å². The third kappa shape index (κ3) is 5.05. The minimum absolute atomic E-state index is 0.00810. The van der Waals surface area contributed by atoms with Gasteiger partial charge in [-0.2, -0.15) is 0 Å². The normalized spacial score (nSPS) is 23.4. The van der Waals surface area contributed by atoms with Gasteiger partial charge in [0.05, 0.1) is 26.0 Å². The molecule has 1 unspecified atom stereocenters. The molecule has 1 aromatic rings. The number of rotatable bonds is 4. The molecule has 3 aliphatic rings. The zero-order valence-electron chi connectivity index (χ0n) is 20.6. The van der Waals surface area contributed by atoms with E-state index in [0.717, 1.165) is 49.8 Å². The van der Waals surface area contributed by atoms with Gasteiger partial charge in [0.1, 0.15) is 4.88 Å². The monoisotopic (exact) mass is 475 g/mol. The van der Waals surface area contributed by atoms with E-state index in [-0.39, 0.29) is 29.3 Å². The Morgan fingerprint density at radius 1 is 1.15 bits per heavy atom. The summed E-state index contributed by atoms with van der Waals surface area (Å²) >= 11 is 1.44. The second-order valence-electron chi connectivity index (χ2n) is 10.6. The Hall–Kier alpha value is -1.70. The van der Waals surface area contributed by atoms with E-state index in [2.05, 4.69) is 33.8 Å². The summed E-state index contributed by atoms with van der Waals surface area (Å²) in [6.45, 7) is 9.78. The molecule has 2 fully saturated rings. The van der Waals surface area contributed by atoms with Crippen molar-refractivity contribution in [2.45, 2.75) is 89.9 Å². The Kier molecular flexibility index (Phi) is 7.04. The minimum atomic E-state index is -0.494. The number of ether oxygens (including phenoxy) is 3. The molecule has 1 aromatic heterocycles. The van der Waals surface area contributed by atoms with Crippen LogP contribution in [0.1, 0.15) is 87.2 Å². The molecule has 4 rings (SSSR count). The molecule has 0 N–H and O–H groups in total. The summed E-state index contributed by atoms with van der Waals surface area (Å²) in [7, 11) is 1.41. The number of carbonyl (C=O) groups is 2. The van der Waals surface area contributed by atoms with Gasteiger partial charge in [-0.1, -0.05) is 32.4 Å². The molecule has 1 aliphatic heterocycles. The van der Waals surface area contributed by atoms with Crippen molar-refractivity contribution in [2.75, 3.05) is 25.2 Å². The molecule has 1 saturated carbocycles. The van der Waals surface area contributed by atoms with Crippen LogP contribution in [0.2, 0.25) is 0 Å². The van der Waals surface area contributed by atoms with Crippen LogP contribution in [-0.2, 0) is 24.4 Å². The van der Waals surface area contributed by atoms with Crippen molar-refractivity contribution in [1.82, 2.24) is 0 Å². The zero-order chi connectivity index (χ0) is 23.8. The van der Waals surface area contributed by atoms with Crippen LogP contribution < -0.4 is 4.90 Å². The van der Waals surface area contributed by atoms with Gasteiger partial charge in [0, 0.05) is 29.7 Å². The first-order valence-electron chi connectivity index (χ1n) is 12.1. The Labute approximate surface area is 201 Å². The van der Waals surface area contributed by atoms with Gasteiger partial charge in [0.25, 0.3) is 0 Å². The molecular weight excluding hydrogens is 438 g/mol. The van der Waals surface area contributed by atoms with Crippen molar-refractivity contribution in [3.63, 3.8) is 0 Å². The first-order valence-corrected chi connectivity index (χ1v) is 12.9. The molecule has 0 aromatic carbocycles. The number of nitrogens with zero attached hydrogens (tertiary/aromatic N) is 1. The maximum Gasteiger partial charge on any atom is 0.350 e. The summed E-state index contributed by atoms with van der Waals surface area (Å²) in [6, 6.07) is 2.06. The number of amides is 1. The number of hydrogen-bond acceptors (Lipinski definition) is 6. The van der Waals surface area contributed by atoms with E-state index in [4.69, 9.17) is 14.2 Å². The maximum atomic E-state index is 14.0. The molecular formula is C26H37NO5S. The second kappa shape index (κ2) is 9.51. The van der Waals surface area contributed by atoms with Crippen molar-refractivity contribution in [2.24, 2.45) is 5.92 Å². The zero-order valence-corrected chi connectivity index (χ0v) is 21.4. The molecule has 2 heterocycles. The summed E-state index contributed by atoms with van der Waals surface area (Å²) in [5.41, 5.74) is 1.93. The van der Waals surface area contributed by atoms with Crippen LogP contribution >= 0.6 is 11.3 Å². The molecule has 1 amide bonds. The molecule has 33 heavy (non-hydrogen) atoms. The largest absolute Gasteiger partial charge is 0.465 e. The topological polar surface area (TPSA) is 65.1 Å². The Morgan fingerprint density at radius 2 is 1.82 bits per heavy atom. The average Bonchev–Trinajstić information content (AvgIpc) is 3.43. The number of esters is 1. The predicted molar refractivity (Wildman–Crippen MR) is 130 cm³/mol. The highest BCUT2D eigenvalue weighted by atomic mass is 32.1. The van der Waals surface area contributed by atoms with E-state index in [9.17, 15) is 9.59 Å². The lowest BCUT2D eigenvalue weighted by molar-refractivity contribution is -0.179. The van der Waals surface area contributed by atoms with Gasteiger partial charge in [-0.15, -0.1) is 11.3 Å². The third-order valence-electron chi connectivity index (χ3n) is 7.20. The molecule has 0 bridgehead atoms. The Morgan fingerprint density at radius 3 is 2.36 bits per heavy atom. The third-order valence-corrected chi connectivity index (χ3v) is 8.73. The van der Waals surface area contributed by atoms with E-state index >= 15 is 0 Å². The fourth-order valence-electron chi connectivity index (χ4n) is 5.14. The van der Waals surface area contributed by atoms with E-state index < -0.39 is 5.79 Å². The van der Waals surface area contributed by atoms with Crippen LogP contribution in [0.25, 0.3) is 0 Å².